The van der Waals surface area contributed by atoms with Crippen molar-refractivity contribution in [1.82, 2.24) is 0 Å². The summed E-state index contributed by atoms with van der Waals surface area (Å²) in [7, 11) is -4.70. The molecule has 1 unspecified atom stereocenters. The number of carbonyl (C=O) groups is 1. The summed E-state index contributed by atoms with van der Waals surface area (Å²) in [5, 5.41) is 0. The van der Waals surface area contributed by atoms with Crippen molar-refractivity contribution in [3.63, 3.8) is 0 Å². The highest BCUT2D eigenvalue weighted by atomic mass is 32.2. The molecule has 1 aliphatic rings. The molecule has 7 heteroatoms. The lowest BCUT2D eigenvalue weighted by atomic mass is 10.1. The Balaban J connectivity index is 3.30. The minimum atomic E-state index is -5.11. The Morgan fingerprint density at radius 1 is 1.27 bits per heavy atom. The van der Waals surface area contributed by atoms with Crippen LogP contribution in [0.2, 0.25) is 0 Å². The molecule has 0 spiro atoms. The van der Waals surface area contributed by atoms with Crippen LogP contribution in [0.3, 0.4) is 0 Å². The monoisotopic (exact) mass is 244 g/mol. The zero-order valence-electron chi connectivity index (χ0n) is 7.57. The van der Waals surface area contributed by atoms with Gasteiger partial charge in [0.25, 0.3) is 0 Å². The van der Waals surface area contributed by atoms with E-state index in [2.05, 4.69) is 5.87 Å². The molecule has 0 saturated heterocycles. The van der Waals surface area contributed by atoms with E-state index in [-0.39, 0.29) is 19.3 Å². The van der Waals surface area contributed by atoms with Gasteiger partial charge >= 0.3 is 5.51 Å². The van der Waals surface area contributed by atoms with Crippen molar-refractivity contribution >= 4 is 21.2 Å². The summed E-state index contributed by atoms with van der Waals surface area (Å²) in [6.45, 7) is 0. The molecule has 15 heavy (non-hydrogen) atoms. The van der Waals surface area contributed by atoms with Crippen LogP contribution >= 0.6 is 0 Å². The van der Waals surface area contributed by atoms with E-state index in [1.165, 1.54) is 0 Å². The van der Waals surface area contributed by atoms with Crippen LogP contribution < -0.4 is 0 Å². The average Bonchev–Trinajstić information content (AvgIpc) is 2.07. The average molecular weight is 244 g/mol. The van der Waals surface area contributed by atoms with E-state index in [9.17, 15) is 26.6 Å². The highest BCUT2D eigenvalue weighted by Gasteiger charge is 2.44. The molecule has 0 amide bonds. The fourth-order valence-corrected chi connectivity index (χ4v) is 2.39. The van der Waals surface area contributed by atoms with Gasteiger partial charge in [-0.25, -0.2) is 4.39 Å². The van der Waals surface area contributed by atoms with Gasteiger partial charge in [0, 0.05) is 6.42 Å². The van der Waals surface area contributed by atoms with E-state index in [4.69, 9.17) is 0 Å². The van der Waals surface area contributed by atoms with Crippen LogP contribution in [0, 0.1) is 0 Å². The van der Waals surface area contributed by atoms with E-state index in [1.807, 2.05) is 0 Å². The van der Waals surface area contributed by atoms with Gasteiger partial charge in [0.1, 0.15) is 0 Å². The first-order valence-electron chi connectivity index (χ1n) is 4.03. The number of Topliss-reactive ketones (excluding diaryl/α,β-unsaturated/α-hetero) is 1. The lowest BCUT2D eigenvalue weighted by Crippen LogP contribution is -2.27. The molecule has 0 fully saturated rings. The quantitative estimate of drug-likeness (QED) is 0.523. The number of halogens is 4. The Bertz CT molecular complexity index is 416. The Labute approximate surface area is 84.0 Å². The summed E-state index contributed by atoms with van der Waals surface area (Å²) in [5.74, 6) is -0.0573. The minimum Gasteiger partial charge on any atom is -0.292 e. The van der Waals surface area contributed by atoms with E-state index < -0.39 is 31.5 Å². The maximum Gasteiger partial charge on any atom is 0.467 e. The number of allylic oxidation sites excluding steroid dienone is 2. The first-order valence-corrected chi connectivity index (χ1v) is 5.76. The van der Waals surface area contributed by atoms with E-state index in [0.29, 0.717) is 0 Å². The standard InChI is InChI=1S/C8H8F4O2S/c1-15(14,8(10,11)12)6-4-2-3-5(13)7(6)9/h1-4H2. The lowest BCUT2D eigenvalue weighted by molar-refractivity contribution is -0.117. The summed E-state index contributed by atoms with van der Waals surface area (Å²) >= 11 is 0. The summed E-state index contributed by atoms with van der Waals surface area (Å²) in [6, 6.07) is 0. The van der Waals surface area contributed by atoms with Crippen LogP contribution in [0.5, 0.6) is 0 Å². The molecule has 0 aliphatic heterocycles. The molecule has 1 aliphatic carbocycles. The number of alkyl halides is 3. The second-order valence-electron chi connectivity index (χ2n) is 3.13. The van der Waals surface area contributed by atoms with Gasteiger partial charge in [0.05, 0.1) is 14.4 Å². The SMILES string of the molecule is C=S(=O)(C1=C(F)C(=O)CCC1)C(F)(F)F. The third-order valence-corrected chi connectivity index (χ3v) is 4.00. The number of carbonyl (C=O) groups excluding carboxylic acids is 1. The molecular formula is C8H8F4O2S. The first-order chi connectivity index (χ1) is 6.68. The first kappa shape index (κ1) is 12.2. The number of hydrogen-bond donors (Lipinski definition) is 0. The number of rotatable bonds is 1. The largest absolute Gasteiger partial charge is 0.467 e. The molecule has 0 aromatic rings. The van der Waals surface area contributed by atoms with Crippen molar-refractivity contribution in [3.8, 4) is 0 Å². The maximum absolute atomic E-state index is 13.1. The van der Waals surface area contributed by atoms with E-state index in [0.717, 1.165) is 0 Å². The molecule has 2 nitrogen and oxygen atoms in total. The van der Waals surface area contributed by atoms with Gasteiger partial charge in [0.15, 0.2) is 11.6 Å². The van der Waals surface area contributed by atoms with Crippen LogP contribution in [0.15, 0.2) is 10.7 Å². The Morgan fingerprint density at radius 2 is 1.80 bits per heavy atom. The maximum atomic E-state index is 13.1. The van der Waals surface area contributed by atoms with Crippen LogP contribution in [0.4, 0.5) is 17.6 Å². The third kappa shape index (κ3) is 2.06. The van der Waals surface area contributed by atoms with Crippen molar-refractivity contribution in [2.45, 2.75) is 24.8 Å². The van der Waals surface area contributed by atoms with Gasteiger partial charge in [-0.05, 0) is 18.7 Å². The Kier molecular flexibility index (Phi) is 2.95. The molecule has 1 rings (SSSR count). The summed E-state index contributed by atoms with van der Waals surface area (Å²) in [6.07, 6.45) is -0.410. The molecule has 0 saturated carbocycles. The highest BCUT2D eigenvalue weighted by Crippen LogP contribution is 2.36. The smallest absolute Gasteiger partial charge is 0.292 e. The van der Waals surface area contributed by atoms with Crippen molar-refractivity contribution in [2.24, 2.45) is 0 Å². The fourth-order valence-electron chi connectivity index (χ4n) is 1.23. The van der Waals surface area contributed by atoms with Crippen LogP contribution in [0.25, 0.3) is 0 Å². The number of ketones is 1. The molecular weight excluding hydrogens is 236 g/mol. The van der Waals surface area contributed by atoms with Gasteiger partial charge < -0.3 is 0 Å². The van der Waals surface area contributed by atoms with Gasteiger partial charge in [-0.3, -0.25) is 9.00 Å². The van der Waals surface area contributed by atoms with Crippen molar-refractivity contribution < 1.29 is 26.6 Å². The predicted octanol–water partition coefficient (Wildman–Crippen LogP) is 2.16. The number of hydrogen-bond acceptors (Lipinski definition) is 2. The molecule has 86 valence electrons. The molecule has 1 atom stereocenters. The second-order valence-corrected chi connectivity index (χ2v) is 5.44. The molecule has 0 radical (unpaired) electrons. The predicted molar refractivity (Wildman–Crippen MR) is 48.3 cm³/mol. The topological polar surface area (TPSA) is 34.1 Å². The molecule has 0 heterocycles. The summed E-state index contributed by atoms with van der Waals surface area (Å²) in [5.41, 5.74) is -5.11. The molecule has 0 aromatic heterocycles. The summed E-state index contributed by atoms with van der Waals surface area (Å²) < 4.78 is 61.1. The van der Waals surface area contributed by atoms with Crippen molar-refractivity contribution in [3.05, 3.63) is 10.7 Å². The van der Waals surface area contributed by atoms with Gasteiger partial charge in [-0.15, -0.1) is 0 Å². The molecule has 0 aromatic carbocycles. The Morgan fingerprint density at radius 3 is 2.27 bits per heavy atom. The molecule has 0 bridgehead atoms. The van der Waals surface area contributed by atoms with E-state index >= 15 is 0 Å². The minimum absolute atomic E-state index is 0.0736. The third-order valence-electron chi connectivity index (χ3n) is 2.07. The molecule has 0 N–H and O–H groups in total. The van der Waals surface area contributed by atoms with Crippen LogP contribution in [-0.2, 0) is 14.3 Å². The van der Waals surface area contributed by atoms with Crippen LogP contribution in [-0.4, -0.2) is 21.4 Å². The fraction of sp³-hybridized carbons (Fsp3) is 0.500. The normalized spacial score (nSPS) is 22.8. The lowest BCUT2D eigenvalue weighted by Gasteiger charge is -2.19. The van der Waals surface area contributed by atoms with Crippen LogP contribution in [0.1, 0.15) is 19.3 Å². The second kappa shape index (κ2) is 3.62. The zero-order valence-corrected chi connectivity index (χ0v) is 8.38. The van der Waals surface area contributed by atoms with Crippen molar-refractivity contribution in [2.75, 3.05) is 0 Å². The summed E-state index contributed by atoms with van der Waals surface area (Å²) in [4.78, 5) is 9.83. The van der Waals surface area contributed by atoms with Gasteiger partial charge in [-0.2, -0.15) is 13.2 Å². The van der Waals surface area contributed by atoms with Gasteiger partial charge in [0.2, 0.25) is 0 Å². The zero-order chi connectivity index (χ0) is 11.9. The van der Waals surface area contributed by atoms with Gasteiger partial charge in [-0.1, -0.05) is 0 Å². The van der Waals surface area contributed by atoms with Crippen molar-refractivity contribution in [1.29, 1.82) is 0 Å². The Hall–Kier alpha value is -0.850. The highest BCUT2D eigenvalue weighted by molar-refractivity contribution is 8.04. The van der Waals surface area contributed by atoms with E-state index in [1.54, 1.807) is 0 Å².